The summed E-state index contributed by atoms with van der Waals surface area (Å²) in [5.41, 5.74) is 0. The number of hydrogen-bond acceptors (Lipinski definition) is 4. The van der Waals surface area contributed by atoms with Crippen LogP contribution in [0.25, 0.3) is 0 Å². The van der Waals surface area contributed by atoms with E-state index in [2.05, 4.69) is 6.92 Å². The van der Waals surface area contributed by atoms with E-state index in [9.17, 15) is 9.59 Å². The van der Waals surface area contributed by atoms with Crippen molar-refractivity contribution in [2.75, 3.05) is 7.11 Å². The van der Waals surface area contributed by atoms with E-state index in [1.54, 1.807) is 0 Å². The average molecular weight is 351 g/mol. The number of aldehydes is 1. The van der Waals surface area contributed by atoms with Crippen molar-refractivity contribution in [3.8, 4) is 0 Å². The number of hydrogen-bond donors (Lipinski definition) is 0. The molecule has 1 rings (SSSR count). The van der Waals surface area contributed by atoms with Crippen molar-refractivity contribution in [1.29, 1.82) is 0 Å². The van der Waals surface area contributed by atoms with Crippen LogP contribution in [0.1, 0.15) is 64.7 Å². The Kier molecular flexibility index (Phi) is 10.5. The molecule has 1 aromatic rings. The van der Waals surface area contributed by atoms with Gasteiger partial charge in [-0.3, -0.25) is 4.79 Å². The summed E-state index contributed by atoms with van der Waals surface area (Å²) in [6.45, 7) is 2.22. The van der Waals surface area contributed by atoms with Gasteiger partial charge >= 0.3 is 5.97 Å². The lowest BCUT2D eigenvalue weighted by Crippen LogP contribution is -2.38. The van der Waals surface area contributed by atoms with E-state index in [1.807, 2.05) is 30.3 Å². The first kappa shape index (κ1) is 20.8. The molecular weight excluding hydrogens is 320 g/mol. The van der Waals surface area contributed by atoms with Crippen LogP contribution in [0.15, 0.2) is 35.2 Å². The van der Waals surface area contributed by atoms with E-state index in [-0.39, 0.29) is 0 Å². The summed E-state index contributed by atoms with van der Waals surface area (Å²) in [4.78, 5) is 24.9. The van der Waals surface area contributed by atoms with Gasteiger partial charge in [-0.05, 0) is 18.6 Å². The molecule has 0 aromatic heterocycles. The quantitative estimate of drug-likeness (QED) is 0.157. The van der Waals surface area contributed by atoms with Gasteiger partial charge in [-0.25, -0.2) is 0 Å². The van der Waals surface area contributed by atoms with Crippen molar-refractivity contribution in [1.82, 2.24) is 0 Å². The van der Waals surface area contributed by atoms with Gasteiger partial charge in [0.25, 0.3) is 0 Å². The van der Waals surface area contributed by atoms with Crippen LogP contribution in [0.2, 0.25) is 0 Å². The minimum atomic E-state index is -1.13. The molecule has 0 radical (unpaired) electrons. The molecule has 0 N–H and O–H groups in total. The maximum atomic E-state index is 12.2. The predicted octanol–water partition coefficient (Wildman–Crippen LogP) is 5.42. The van der Waals surface area contributed by atoms with Crippen LogP contribution in [0.3, 0.4) is 0 Å². The molecule has 4 heteroatoms. The van der Waals surface area contributed by atoms with Crippen LogP contribution >= 0.6 is 11.8 Å². The number of benzene rings is 1. The summed E-state index contributed by atoms with van der Waals surface area (Å²) in [5.74, 6) is -0.450. The molecule has 1 atom stereocenters. The fourth-order valence-corrected chi connectivity index (χ4v) is 3.89. The number of methoxy groups -OCH3 is 1. The number of unbranched alkanes of at least 4 members (excludes halogenated alkanes) is 7. The first-order valence-electron chi connectivity index (χ1n) is 8.97. The zero-order valence-electron chi connectivity index (χ0n) is 15.0. The van der Waals surface area contributed by atoms with Crippen molar-refractivity contribution in [3.05, 3.63) is 30.3 Å². The van der Waals surface area contributed by atoms with Crippen LogP contribution in [0.4, 0.5) is 0 Å². The third-order valence-corrected chi connectivity index (χ3v) is 5.51. The zero-order valence-corrected chi connectivity index (χ0v) is 15.8. The summed E-state index contributed by atoms with van der Waals surface area (Å²) in [6.07, 6.45) is 10.8. The second-order valence-electron chi connectivity index (χ2n) is 6.14. The number of carbonyl (C=O) groups is 2. The van der Waals surface area contributed by atoms with Gasteiger partial charge in [-0.1, -0.05) is 88.3 Å². The number of rotatable bonds is 13. The molecule has 0 heterocycles. The highest BCUT2D eigenvalue weighted by molar-refractivity contribution is 8.02. The van der Waals surface area contributed by atoms with E-state index in [4.69, 9.17) is 4.74 Å². The van der Waals surface area contributed by atoms with Gasteiger partial charge in [-0.2, -0.15) is 0 Å². The Morgan fingerprint density at radius 1 is 1.04 bits per heavy atom. The van der Waals surface area contributed by atoms with Crippen LogP contribution < -0.4 is 0 Å². The first-order valence-corrected chi connectivity index (χ1v) is 9.79. The lowest BCUT2D eigenvalue weighted by atomic mass is 10.00. The number of ether oxygens (including phenoxy) is 1. The Morgan fingerprint density at radius 3 is 2.17 bits per heavy atom. The fraction of sp³-hybridized carbons (Fsp3) is 0.600. The molecule has 0 bridgehead atoms. The summed E-state index contributed by atoms with van der Waals surface area (Å²) >= 11 is 1.30. The molecule has 0 amide bonds. The summed E-state index contributed by atoms with van der Waals surface area (Å²) < 4.78 is 3.78. The lowest BCUT2D eigenvalue weighted by molar-refractivity contribution is -0.145. The zero-order chi connectivity index (χ0) is 17.7. The maximum absolute atomic E-state index is 12.2. The second-order valence-corrected chi connectivity index (χ2v) is 7.54. The Morgan fingerprint density at radius 2 is 1.62 bits per heavy atom. The second kappa shape index (κ2) is 12.1. The van der Waals surface area contributed by atoms with Gasteiger partial charge in [0.15, 0.2) is 4.75 Å². The number of carbonyl (C=O) groups excluding carboxylic acids is 2. The van der Waals surface area contributed by atoms with E-state index < -0.39 is 10.7 Å². The Hall–Kier alpha value is -1.29. The fourth-order valence-electron chi connectivity index (χ4n) is 2.72. The molecule has 0 spiro atoms. The smallest absolute Gasteiger partial charge is 0.329 e. The highest BCUT2D eigenvalue weighted by atomic mass is 32.2. The molecule has 0 saturated carbocycles. The summed E-state index contributed by atoms with van der Waals surface area (Å²) in [6, 6.07) is 9.57. The van der Waals surface area contributed by atoms with Gasteiger partial charge in [0.2, 0.25) is 0 Å². The molecule has 0 saturated heterocycles. The van der Waals surface area contributed by atoms with Gasteiger partial charge in [0.05, 0.1) is 7.11 Å². The molecule has 3 nitrogen and oxygen atoms in total. The topological polar surface area (TPSA) is 43.4 Å². The van der Waals surface area contributed by atoms with Crippen molar-refractivity contribution < 1.29 is 14.3 Å². The SMILES string of the molecule is CCCCCCCCCCC(C=O)(Sc1ccccc1)C(=O)OC. The minimum Gasteiger partial charge on any atom is -0.468 e. The molecule has 24 heavy (non-hydrogen) atoms. The van der Waals surface area contributed by atoms with Crippen LogP contribution in [-0.2, 0) is 14.3 Å². The van der Waals surface area contributed by atoms with E-state index >= 15 is 0 Å². The van der Waals surface area contributed by atoms with Crippen molar-refractivity contribution in [3.63, 3.8) is 0 Å². The normalized spacial score (nSPS) is 13.2. The van der Waals surface area contributed by atoms with Crippen LogP contribution in [0.5, 0.6) is 0 Å². The van der Waals surface area contributed by atoms with Crippen LogP contribution in [-0.4, -0.2) is 24.1 Å². The predicted molar refractivity (Wildman–Crippen MR) is 100 cm³/mol. The Balaban J connectivity index is 2.51. The van der Waals surface area contributed by atoms with Crippen molar-refractivity contribution in [2.24, 2.45) is 0 Å². The standard InChI is InChI=1S/C20H30O3S/c1-3-4-5-6-7-8-9-13-16-20(17-21,19(22)23-2)24-18-14-11-10-12-15-18/h10-12,14-15,17H,3-9,13,16H2,1-2H3. The molecule has 0 fully saturated rings. The summed E-state index contributed by atoms with van der Waals surface area (Å²) in [7, 11) is 1.35. The Labute approximate surface area is 150 Å². The van der Waals surface area contributed by atoms with Crippen molar-refractivity contribution >= 4 is 24.0 Å². The van der Waals surface area contributed by atoms with Gasteiger partial charge in [-0.15, -0.1) is 0 Å². The maximum Gasteiger partial charge on any atom is 0.329 e. The highest BCUT2D eigenvalue weighted by Gasteiger charge is 2.40. The van der Waals surface area contributed by atoms with E-state index in [0.29, 0.717) is 6.42 Å². The van der Waals surface area contributed by atoms with E-state index in [1.165, 1.54) is 51.0 Å². The first-order chi connectivity index (χ1) is 11.7. The van der Waals surface area contributed by atoms with Crippen molar-refractivity contribution in [2.45, 2.75) is 74.4 Å². The molecule has 0 aliphatic heterocycles. The largest absolute Gasteiger partial charge is 0.468 e. The molecule has 0 aliphatic carbocycles. The number of esters is 1. The average Bonchev–Trinajstić information content (AvgIpc) is 2.63. The highest BCUT2D eigenvalue weighted by Crippen LogP contribution is 2.36. The molecular formula is C20H30O3S. The molecule has 134 valence electrons. The molecule has 1 aromatic carbocycles. The van der Waals surface area contributed by atoms with Crippen LogP contribution in [0, 0.1) is 0 Å². The van der Waals surface area contributed by atoms with Gasteiger partial charge in [0.1, 0.15) is 6.29 Å². The van der Waals surface area contributed by atoms with Gasteiger partial charge in [0, 0.05) is 4.90 Å². The Bertz CT molecular complexity index is 475. The van der Waals surface area contributed by atoms with Gasteiger partial charge < -0.3 is 9.53 Å². The minimum absolute atomic E-state index is 0.450. The molecule has 0 aliphatic rings. The third-order valence-electron chi connectivity index (χ3n) is 4.17. The molecule has 1 unspecified atom stereocenters. The third kappa shape index (κ3) is 7.08. The van der Waals surface area contributed by atoms with E-state index in [0.717, 1.165) is 30.4 Å². The number of thioether (sulfide) groups is 1. The lowest BCUT2D eigenvalue weighted by Gasteiger charge is -2.24. The summed E-state index contributed by atoms with van der Waals surface area (Å²) in [5, 5.41) is 0. The monoisotopic (exact) mass is 350 g/mol.